The van der Waals surface area contributed by atoms with Crippen molar-refractivity contribution in [2.75, 3.05) is 13.1 Å². The van der Waals surface area contributed by atoms with Crippen LogP contribution in [0.3, 0.4) is 0 Å². The number of hydrogen-bond acceptors (Lipinski definition) is 4. The topological polar surface area (TPSA) is 66.8 Å². The van der Waals surface area contributed by atoms with Gasteiger partial charge in [-0.05, 0) is 49.9 Å². The van der Waals surface area contributed by atoms with Gasteiger partial charge in [-0.2, -0.15) is 0 Å². The van der Waals surface area contributed by atoms with Crippen molar-refractivity contribution in [3.8, 4) is 0 Å². The van der Waals surface area contributed by atoms with E-state index in [-0.39, 0.29) is 11.5 Å². The van der Waals surface area contributed by atoms with E-state index in [0.29, 0.717) is 5.92 Å². The number of likely N-dealkylation sites (tertiary alicyclic amines) is 1. The predicted octanol–water partition coefficient (Wildman–Crippen LogP) is 3.16. The van der Waals surface area contributed by atoms with Crippen molar-refractivity contribution in [2.24, 2.45) is 5.92 Å². The summed E-state index contributed by atoms with van der Waals surface area (Å²) in [6, 6.07) is 9.83. The molecule has 1 aliphatic heterocycles. The van der Waals surface area contributed by atoms with Gasteiger partial charge in [-0.1, -0.05) is 26.0 Å². The maximum absolute atomic E-state index is 12.3. The van der Waals surface area contributed by atoms with Crippen molar-refractivity contribution in [3.63, 3.8) is 0 Å². The van der Waals surface area contributed by atoms with Gasteiger partial charge in [-0.3, -0.25) is 14.3 Å². The van der Waals surface area contributed by atoms with Crippen molar-refractivity contribution in [1.29, 1.82) is 0 Å². The Morgan fingerprint density at radius 1 is 1.22 bits per heavy atom. The highest BCUT2D eigenvalue weighted by Gasteiger charge is 2.21. The van der Waals surface area contributed by atoms with Gasteiger partial charge in [0.15, 0.2) is 0 Å². The molecule has 1 N–H and O–H groups in total. The van der Waals surface area contributed by atoms with E-state index in [1.165, 1.54) is 0 Å². The molecule has 1 aliphatic rings. The number of imidazole rings is 1. The molecule has 0 amide bonds. The molecule has 0 atom stereocenters. The summed E-state index contributed by atoms with van der Waals surface area (Å²) in [6.07, 6.45) is 3.91. The molecule has 3 aromatic rings. The van der Waals surface area contributed by atoms with Crippen molar-refractivity contribution in [3.05, 3.63) is 58.5 Å². The highest BCUT2D eigenvalue weighted by atomic mass is 16.1. The summed E-state index contributed by atoms with van der Waals surface area (Å²) in [5, 5.41) is 0. The van der Waals surface area contributed by atoms with Crippen LogP contribution in [-0.4, -0.2) is 37.5 Å². The molecule has 4 rings (SSSR count). The Balaban J connectivity index is 1.33. The largest absolute Gasteiger partial charge is 0.341 e. The molecule has 6 heteroatoms. The van der Waals surface area contributed by atoms with Gasteiger partial charge in [0.05, 0.1) is 29.6 Å². The average Bonchev–Trinajstić information content (AvgIpc) is 3.07. The number of rotatable bonds is 5. The van der Waals surface area contributed by atoms with E-state index in [2.05, 4.69) is 39.8 Å². The molecule has 2 aromatic heterocycles. The summed E-state index contributed by atoms with van der Waals surface area (Å²) in [7, 11) is 0. The first-order chi connectivity index (χ1) is 13.1. The third-order valence-electron chi connectivity index (χ3n) is 5.47. The lowest BCUT2D eigenvalue weighted by molar-refractivity contribution is 0.163. The van der Waals surface area contributed by atoms with E-state index in [0.717, 1.165) is 61.6 Å². The highest BCUT2D eigenvalue weighted by molar-refractivity contribution is 5.74. The Kier molecular flexibility index (Phi) is 5.07. The Labute approximate surface area is 159 Å². The molecule has 27 heavy (non-hydrogen) atoms. The number of nitrogens with one attached hydrogen (secondary N) is 1. The van der Waals surface area contributed by atoms with Gasteiger partial charge in [0, 0.05) is 12.6 Å². The molecular weight excluding hydrogens is 338 g/mol. The fourth-order valence-corrected chi connectivity index (χ4v) is 3.79. The van der Waals surface area contributed by atoms with Crippen LogP contribution in [0.2, 0.25) is 0 Å². The van der Waals surface area contributed by atoms with Crippen molar-refractivity contribution in [1.82, 2.24) is 24.4 Å². The second kappa shape index (κ2) is 7.64. The summed E-state index contributed by atoms with van der Waals surface area (Å²) in [5.41, 5.74) is 3.06. The Morgan fingerprint density at radius 2 is 2.00 bits per heavy atom. The third kappa shape index (κ3) is 4.11. The first-order valence-corrected chi connectivity index (χ1v) is 9.81. The van der Waals surface area contributed by atoms with Crippen LogP contribution in [0.5, 0.6) is 0 Å². The van der Waals surface area contributed by atoms with E-state index in [4.69, 9.17) is 0 Å². The molecule has 142 valence electrons. The van der Waals surface area contributed by atoms with Crippen molar-refractivity contribution in [2.45, 2.75) is 45.7 Å². The lowest BCUT2D eigenvalue weighted by atomic mass is 9.96. The lowest BCUT2D eigenvalue weighted by Gasteiger charge is -2.31. The van der Waals surface area contributed by atoms with Gasteiger partial charge in [-0.15, -0.1) is 0 Å². The van der Waals surface area contributed by atoms with Crippen LogP contribution in [-0.2, 0) is 13.1 Å². The highest BCUT2D eigenvalue weighted by Crippen LogP contribution is 2.20. The molecule has 0 unspecified atom stereocenters. The minimum absolute atomic E-state index is 0.0680. The molecule has 1 saturated heterocycles. The van der Waals surface area contributed by atoms with E-state index >= 15 is 0 Å². The standard InChI is InChI=1S/C21H27N5O/c1-15(2)19-11-21(27)26(14-22-19)12-16-7-9-25(10-8-16)13-20-23-17-5-3-4-6-18(17)24-20/h3-6,11,14-16H,7-10,12-13H2,1-2H3,(H,23,24). The number of aromatic amines is 1. The van der Waals surface area contributed by atoms with Gasteiger partial charge < -0.3 is 4.98 Å². The molecule has 1 fully saturated rings. The fourth-order valence-electron chi connectivity index (χ4n) is 3.79. The molecular formula is C21H27N5O. The SMILES string of the molecule is CC(C)c1cc(=O)n(CC2CCN(Cc3nc4ccccc4[nH]3)CC2)cn1. The normalized spacial score (nSPS) is 16.4. The number of piperidine rings is 1. The van der Waals surface area contributed by atoms with Gasteiger partial charge in [0.2, 0.25) is 0 Å². The van der Waals surface area contributed by atoms with E-state index in [1.54, 1.807) is 17.0 Å². The zero-order valence-corrected chi connectivity index (χ0v) is 16.1. The van der Waals surface area contributed by atoms with Crippen molar-refractivity contribution < 1.29 is 0 Å². The first kappa shape index (κ1) is 17.9. The van der Waals surface area contributed by atoms with Crippen LogP contribution < -0.4 is 5.56 Å². The monoisotopic (exact) mass is 365 g/mol. The van der Waals surface area contributed by atoms with E-state index in [1.807, 2.05) is 18.2 Å². The zero-order valence-electron chi connectivity index (χ0n) is 16.1. The van der Waals surface area contributed by atoms with Gasteiger partial charge in [0.1, 0.15) is 5.82 Å². The summed E-state index contributed by atoms with van der Waals surface area (Å²) >= 11 is 0. The molecule has 0 aliphatic carbocycles. The van der Waals surface area contributed by atoms with E-state index in [9.17, 15) is 4.79 Å². The maximum atomic E-state index is 12.3. The van der Waals surface area contributed by atoms with Crippen LogP contribution >= 0.6 is 0 Å². The van der Waals surface area contributed by atoms with Crippen LogP contribution in [0.1, 0.15) is 44.1 Å². The first-order valence-electron chi connectivity index (χ1n) is 9.81. The van der Waals surface area contributed by atoms with Crippen LogP contribution in [0.15, 0.2) is 41.5 Å². The van der Waals surface area contributed by atoms with Crippen LogP contribution in [0.25, 0.3) is 11.0 Å². The molecule has 0 bridgehead atoms. The second-order valence-electron chi connectivity index (χ2n) is 7.88. The lowest BCUT2D eigenvalue weighted by Crippen LogP contribution is -2.36. The van der Waals surface area contributed by atoms with Gasteiger partial charge in [-0.25, -0.2) is 9.97 Å². The molecule has 3 heterocycles. The summed E-state index contributed by atoms with van der Waals surface area (Å²) < 4.78 is 1.77. The number of para-hydroxylation sites is 2. The molecule has 0 radical (unpaired) electrons. The smallest absolute Gasteiger partial charge is 0.253 e. The Hall–Kier alpha value is -2.47. The van der Waals surface area contributed by atoms with Gasteiger partial charge >= 0.3 is 0 Å². The molecule has 1 aromatic carbocycles. The number of H-pyrrole nitrogens is 1. The van der Waals surface area contributed by atoms with Crippen molar-refractivity contribution >= 4 is 11.0 Å². The molecule has 6 nitrogen and oxygen atoms in total. The quantitative estimate of drug-likeness (QED) is 0.754. The minimum atomic E-state index is 0.0680. The van der Waals surface area contributed by atoms with E-state index < -0.39 is 0 Å². The number of hydrogen-bond donors (Lipinski definition) is 1. The summed E-state index contributed by atoms with van der Waals surface area (Å²) in [5.74, 6) is 1.84. The second-order valence-corrected chi connectivity index (χ2v) is 7.88. The zero-order chi connectivity index (χ0) is 18.8. The number of aromatic nitrogens is 4. The average molecular weight is 365 g/mol. The summed E-state index contributed by atoms with van der Waals surface area (Å²) in [4.78, 5) is 27.3. The number of nitrogens with zero attached hydrogens (tertiary/aromatic N) is 4. The molecule has 0 spiro atoms. The Bertz CT molecular complexity index is 933. The fraction of sp³-hybridized carbons (Fsp3) is 0.476. The third-order valence-corrected chi connectivity index (χ3v) is 5.47. The Morgan fingerprint density at radius 3 is 2.70 bits per heavy atom. The van der Waals surface area contributed by atoms with Crippen LogP contribution in [0, 0.1) is 5.92 Å². The van der Waals surface area contributed by atoms with Gasteiger partial charge in [0.25, 0.3) is 5.56 Å². The number of benzene rings is 1. The predicted molar refractivity (Wildman–Crippen MR) is 107 cm³/mol. The molecule has 0 saturated carbocycles. The number of fused-ring (bicyclic) bond motifs is 1. The minimum Gasteiger partial charge on any atom is -0.341 e. The van der Waals surface area contributed by atoms with Crippen LogP contribution in [0.4, 0.5) is 0 Å². The summed E-state index contributed by atoms with van der Waals surface area (Å²) in [6.45, 7) is 7.81. The maximum Gasteiger partial charge on any atom is 0.253 e.